The molecule has 3 aromatic carbocycles. The number of halogens is 2. The van der Waals surface area contributed by atoms with E-state index in [2.05, 4.69) is 25.1 Å². The zero-order valence-corrected chi connectivity index (χ0v) is 25.8. The summed E-state index contributed by atoms with van der Waals surface area (Å²) in [6.07, 6.45) is 1.51. The standard InChI is InChI=1S/C33H37ClFN5O5/c34-28-19-26(4-5-30(28)45-22-24-2-1-3-25(35)18-24)38-33-27-20-31(43-16-10-39-6-12-41-13-7-39)32(21-29(27)36-23-37-33)44-17-11-40-8-14-42-15-9-40/h1-5,18-21,23H,6-17,22H2,(H,36,37,38). The number of hydrogen-bond acceptors (Lipinski definition) is 10. The average molecular weight is 638 g/mol. The molecule has 0 unspecified atom stereocenters. The molecule has 3 heterocycles. The Bertz CT molecular complexity index is 1570. The van der Waals surface area contributed by atoms with Crippen molar-refractivity contribution >= 4 is 34.0 Å². The average Bonchev–Trinajstić information content (AvgIpc) is 3.06. The topological polar surface area (TPSA) is 90.4 Å². The Morgan fingerprint density at radius 1 is 0.778 bits per heavy atom. The molecular formula is C33H37ClFN5O5. The second-order valence-electron chi connectivity index (χ2n) is 10.8. The van der Waals surface area contributed by atoms with Crippen LogP contribution < -0.4 is 19.5 Å². The maximum Gasteiger partial charge on any atom is 0.163 e. The van der Waals surface area contributed by atoms with E-state index in [0.29, 0.717) is 46.9 Å². The van der Waals surface area contributed by atoms with Crippen LogP contribution in [-0.4, -0.2) is 98.7 Å². The van der Waals surface area contributed by atoms with Gasteiger partial charge in [0.05, 0.1) is 37.0 Å². The minimum absolute atomic E-state index is 0.200. The molecular weight excluding hydrogens is 601 g/mol. The number of nitrogens with zero attached hydrogens (tertiary/aromatic N) is 4. The lowest BCUT2D eigenvalue weighted by atomic mass is 10.2. The van der Waals surface area contributed by atoms with Gasteiger partial charge >= 0.3 is 0 Å². The second-order valence-corrected chi connectivity index (χ2v) is 11.2. The second kappa shape index (κ2) is 15.5. The minimum atomic E-state index is -0.309. The van der Waals surface area contributed by atoms with E-state index in [1.807, 2.05) is 18.2 Å². The first-order chi connectivity index (χ1) is 22.1. The van der Waals surface area contributed by atoms with Gasteiger partial charge in [-0.3, -0.25) is 9.80 Å². The van der Waals surface area contributed by atoms with Crippen molar-refractivity contribution in [3.05, 3.63) is 77.3 Å². The summed E-state index contributed by atoms with van der Waals surface area (Å²) in [5, 5.41) is 4.55. The molecule has 2 aliphatic heterocycles. The van der Waals surface area contributed by atoms with Crippen molar-refractivity contribution in [1.82, 2.24) is 19.8 Å². The molecule has 0 atom stereocenters. The van der Waals surface area contributed by atoms with Gasteiger partial charge in [0.1, 0.15) is 43.5 Å². The summed E-state index contributed by atoms with van der Waals surface area (Å²) >= 11 is 6.55. The smallest absolute Gasteiger partial charge is 0.163 e. The van der Waals surface area contributed by atoms with Crippen LogP contribution in [0.15, 0.2) is 60.9 Å². The summed E-state index contributed by atoms with van der Waals surface area (Å²) in [6.45, 7) is 9.37. The quantitative estimate of drug-likeness (QED) is 0.212. The first kappa shape index (κ1) is 31.3. The maximum atomic E-state index is 13.5. The number of morpholine rings is 2. The third-order valence-electron chi connectivity index (χ3n) is 7.72. The highest BCUT2D eigenvalue weighted by atomic mass is 35.5. The van der Waals surface area contributed by atoms with Crippen LogP contribution in [0.1, 0.15) is 5.56 Å². The van der Waals surface area contributed by atoms with E-state index in [0.717, 1.165) is 82.3 Å². The van der Waals surface area contributed by atoms with Crippen LogP contribution in [0, 0.1) is 5.82 Å². The SMILES string of the molecule is Fc1cccc(COc2ccc(Nc3ncnc4cc(OCCN5CCOCC5)c(OCCN5CCOCC5)cc34)cc2Cl)c1. The molecule has 2 aliphatic rings. The molecule has 6 rings (SSSR count). The molecule has 10 nitrogen and oxygen atoms in total. The Hall–Kier alpha value is -3.74. The first-order valence-corrected chi connectivity index (χ1v) is 15.6. The van der Waals surface area contributed by atoms with Crippen molar-refractivity contribution in [2.75, 3.05) is 84.2 Å². The molecule has 1 aromatic heterocycles. The summed E-state index contributed by atoms with van der Waals surface area (Å²) in [4.78, 5) is 13.7. The third-order valence-corrected chi connectivity index (χ3v) is 8.01. The summed E-state index contributed by atoms with van der Waals surface area (Å²) in [6, 6.07) is 15.5. The molecule has 0 radical (unpaired) electrons. The molecule has 1 N–H and O–H groups in total. The lowest BCUT2D eigenvalue weighted by Crippen LogP contribution is -2.39. The van der Waals surface area contributed by atoms with Gasteiger partial charge in [-0.25, -0.2) is 14.4 Å². The first-order valence-electron chi connectivity index (χ1n) is 15.2. The highest BCUT2D eigenvalue weighted by Gasteiger charge is 2.16. The normalized spacial score (nSPS) is 16.0. The number of benzene rings is 3. The van der Waals surface area contributed by atoms with Crippen molar-refractivity contribution < 1.29 is 28.1 Å². The highest BCUT2D eigenvalue weighted by molar-refractivity contribution is 6.32. The van der Waals surface area contributed by atoms with E-state index in [1.165, 1.54) is 18.5 Å². The summed E-state index contributed by atoms with van der Waals surface area (Å²) in [7, 11) is 0. The van der Waals surface area contributed by atoms with Crippen molar-refractivity contribution in [2.45, 2.75) is 6.61 Å². The minimum Gasteiger partial charge on any atom is -0.488 e. The van der Waals surface area contributed by atoms with Crippen LogP contribution in [0.3, 0.4) is 0 Å². The Morgan fingerprint density at radius 2 is 1.47 bits per heavy atom. The van der Waals surface area contributed by atoms with Crippen molar-refractivity contribution in [2.24, 2.45) is 0 Å². The molecule has 2 fully saturated rings. The lowest BCUT2D eigenvalue weighted by Gasteiger charge is -2.27. The van der Waals surface area contributed by atoms with Crippen LogP contribution >= 0.6 is 11.6 Å². The largest absolute Gasteiger partial charge is 0.488 e. The molecule has 12 heteroatoms. The van der Waals surface area contributed by atoms with Crippen molar-refractivity contribution in [3.8, 4) is 17.2 Å². The molecule has 0 amide bonds. The third kappa shape index (κ3) is 8.71. The lowest BCUT2D eigenvalue weighted by molar-refractivity contribution is 0.0305. The molecule has 2 saturated heterocycles. The molecule has 0 bridgehead atoms. The number of anilines is 2. The predicted molar refractivity (Wildman–Crippen MR) is 171 cm³/mol. The predicted octanol–water partition coefficient (Wildman–Crippen LogP) is 5.17. The van der Waals surface area contributed by atoms with Gasteiger partial charge in [0.15, 0.2) is 11.5 Å². The van der Waals surface area contributed by atoms with Crippen LogP contribution in [0.25, 0.3) is 10.9 Å². The van der Waals surface area contributed by atoms with Crippen molar-refractivity contribution in [1.29, 1.82) is 0 Å². The fraction of sp³-hybridized carbons (Fsp3) is 0.394. The molecule has 0 saturated carbocycles. The zero-order valence-electron chi connectivity index (χ0n) is 25.1. The van der Waals surface area contributed by atoms with Crippen molar-refractivity contribution in [3.63, 3.8) is 0 Å². The van der Waals surface area contributed by atoms with Gasteiger partial charge in [-0.15, -0.1) is 0 Å². The van der Waals surface area contributed by atoms with Gasteiger partial charge in [-0.2, -0.15) is 0 Å². The highest BCUT2D eigenvalue weighted by Crippen LogP contribution is 2.36. The Morgan fingerprint density at radius 3 is 2.13 bits per heavy atom. The number of aromatic nitrogens is 2. The fourth-order valence-electron chi connectivity index (χ4n) is 5.23. The van der Waals surface area contributed by atoms with Crippen LogP contribution in [0.2, 0.25) is 5.02 Å². The van der Waals surface area contributed by atoms with Gasteiger partial charge in [0, 0.05) is 56.4 Å². The molecule has 4 aromatic rings. The summed E-state index contributed by atoms with van der Waals surface area (Å²) in [5.74, 6) is 2.06. The Balaban J connectivity index is 1.17. The summed E-state index contributed by atoms with van der Waals surface area (Å²) in [5.41, 5.74) is 2.16. The Labute approximate surface area is 267 Å². The van der Waals surface area contributed by atoms with Gasteiger partial charge < -0.3 is 29.0 Å². The van der Waals surface area contributed by atoms with E-state index in [9.17, 15) is 4.39 Å². The number of ether oxygens (including phenoxy) is 5. The Kier molecular flexibility index (Phi) is 10.8. The number of nitrogens with one attached hydrogen (secondary N) is 1. The number of fused-ring (bicyclic) bond motifs is 1. The van der Waals surface area contributed by atoms with E-state index in [-0.39, 0.29) is 12.4 Å². The van der Waals surface area contributed by atoms with Crippen LogP contribution in [0.5, 0.6) is 17.2 Å². The van der Waals surface area contributed by atoms with Gasteiger partial charge in [-0.05, 0) is 42.0 Å². The van der Waals surface area contributed by atoms with Gasteiger partial charge in [0.2, 0.25) is 0 Å². The number of rotatable bonds is 13. The molecule has 0 aliphatic carbocycles. The zero-order chi connectivity index (χ0) is 30.8. The molecule has 0 spiro atoms. The van der Waals surface area contributed by atoms with E-state index in [1.54, 1.807) is 24.3 Å². The van der Waals surface area contributed by atoms with E-state index in [4.69, 9.17) is 35.3 Å². The van der Waals surface area contributed by atoms with E-state index < -0.39 is 0 Å². The fourth-order valence-corrected chi connectivity index (χ4v) is 5.46. The van der Waals surface area contributed by atoms with Gasteiger partial charge in [0.25, 0.3) is 0 Å². The maximum absolute atomic E-state index is 13.5. The molecule has 45 heavy (non-hydrogen) atoms. The van der Waals surface area contributed by atoms with Gasteiger partial charge in [-0.1, -0.05) is 23.7 Å². The molecule has 238 valence electrons. The van der Waals surface area contributed by atoms with E-state index >= 15 is 0 Å². The number of hydrogen-bond donors (Lipinski definition) is 1. The van der Waals surface area contributed by atoms with Crippen LogP contribution in [0.4, 0.5) is 15.9 Å². The summed E-state index contributed by atoms with van der Waals surface area (Å²) < 4.78 is 42.9. The van der Waals surface area contributed by atoms with Crippen LogP contribution in [-0.2, 0) is 16.1 Å². The monoisotopic (exact) mass is 637 g/mol.